The number of hydrogen-bond donors (Lipinski definition) is 2. The van der Waals surface area contributed by atoms with E-state index in [0.717, 1.165) is 24.9 Å². The van der Waals surface area contributed by atoms with Crippen LogP contribution in [0.1, 0.15) is 43.7 Å². The second kappa shape index (κ2) is 6.70. The van der Waals surface area contributed by atoms with Gasteiger partial charge in [0, 0.05) is 13.1 Å². The Kier molecular flexibility index (Phi) is 5.18. The zero-order chi connectivity index (χ0) is 14.6. The van der Waals surface area contributed by atoms with Crippen LogP contribution in [0, 0.1) is 0 Å². The highest BCUT2D eigenvalue weighted by Crippen LogP contribution is 2.15. The number of nitrogens with one attached hydrogen (secondary N) is 2. The molecule has 5 heteroatoms. The molecule has 0 radical (unpaired) electrons. The Morgan fingerprint density at radius 1 is 1.30 bits per heavy atom. The molecule has 1 aromatic rings. The van der Waals surface area contributed by atoms with E-state index < -0.39 is 10.0 Å². The second-order valence-electron chi connectivity index (χ2n) is 5.73. The Morgan fingerprint density at radius 2 is 2.00 bits per heavy atom. The summed E-state index contributed by atoms with van der Waals surface area (Å²) in [7, 11) is -3.22. The maximum atomic E-state index is 12.2. The highest BCUT2D eigenvalue weighted by Gasteiger charge is 2.26. The quantitative estimate of drug-likeness (QED) is 0.873. The van der Waals surface area contributed by atoms with Crippen molar-refractivity contribution >= 4 is 10.0 Å². The largest absolute Gasteiger partial charge is 0.315 e. The first kappa shape index (κ1) is 15.5. The molecule has 1 saturated heterocycles. The predicted octanol–water partition coefficient (Wildman–Crippen LogP) is 1.98. The molecule has 1 unspecified atom stereocenters. The molecule has 0 aliphatic carbocycles. The van der Waals surface area contributed by atoms with Crippen LogP contribution in [-0.2, 0) is 16.6 Å². The van der Waals surface area contributed by atoms with Gasteiger partial charge in [-0.1, -0.05) is 38.1 Å². The highest BCUT2D eigenvalue weighted by atomic mass is 32.2. The lowest BCUT2D eigenvalue weighted by Crippen LogP contribution is -2.44. The number of benzene rings is 1. The fourth-order valence-electron chi connectivity index (χ4n) is 2.41. The lowest BCUT2D eigenvalue weighted by molar-refractivity contribution is 0.490. The van der Waals surface area contributed by atoms with Gasteiger partial charge < -0.3 is 5.32 Å². The molecule has 2 N–H and O–H groups in total. The summed E-state index contributed by atoms with van der Waals surface area (Å²) in [6.07, 6.45) is 1.67. The third kappa shape index (κ3) is 4.04. The third-order valence-electron chi connectivity index (χ3n) is 3.81. The monoisotopic (exact) mass is 296 g/mol. The molecule has 1 fully saturated rings. The number of rotatable bonds is 5. The standard InChI is InChI=1S/C15H24N2O2S/c1-12(2)14-7-5-13(6-8-14)10-17-20(18,19)15-4-3-9-16-11-15/h5-8,12,15-17H,3-4,9-11H2,1-2H3. The summed E-state index contributed by atoms with van der Waals surface area (Å²) < 4.78 is 27.1. The van der Waals surface area contributed by atoms with E-state index in [4.69, 9.17) is 0 Å². The average molecular weight is 296 g/mol. The normalized spacial score (nSPS) is 20.2. The van der Waals surface area contributed by atoms with E-state index in [0.29, 0.717) is 19.0 Å². The van der Waals surface area contributed by atoms with Gasteiger partial charge in [0.05, 0.1) is 5.25 Å². The highest BCUT2D eigenvalue weighted by molar-refractivity contribution is 7.90. The molecule has 0 saturated carbocycles. The lowest BCUT2D eigenvalue weighted by Gasteiger charge is -2.23. The summed E-state index contributed by atoms with van der Waals surface area (Å²) in [5.41, 5.74) is 2.27. The van der Waals surface area contributed by atoms with E-state index in [1.165, 1.54) is 5.56 Å². The molecule has 0 amide bonds. The minimum atomic E-state index is -3.22. The zero-order valence-corrected chi connectivity index (χ0v) is 13.0. The first-order chi connectivity index (χ1) is 9.49. The van der Waals surface area contributed by atoms with Crippen molar-refractivity contribution < 1.29 is 8.42 Å². The van der Waals surface area contributed by atoms with Crippen LogP contribution >= 0.6 is 0 Å². The van der Waals surface area contributed by atoms with Crippen LogP contribution in [0.2, 0.25) is 0 Å². The molecule has 0 bridgehead atoms. The first-order valence-electron chi connectivity index (χ1n) is 7.27. The average Bonchev–Trinajstić information content (AvgIpc) is 2.46. The number of hydrogen-bond acceptors (Lipinski definition) is 3. The molecule has 1 atom stereocenters. The van der Waals surface area contributed by atoms with Crippen molar-refractivity contribution in [1.82, 2.24) is 10.0 Å². The van der Waals surface area contributed by atoms with Crippen molar-refractivity contribution in [1.29, 1.82) is 0 Å². The molecule has 1 aromatic carbocycles. The van der Waals surface area contributed by atoms with Crippen molar-refractivity contribution in [2.24, 2.45) is 0 Å². The van der Waals surface area contributed by atoms with Crippen LogP contribution in [0.4, 0.5) is 0 Å². The van der Waals surface area contributed by atoms with Gasteiger partial charge in [0.25, 0.3) is 0 Å². The van der Waals surface area contributed by atoms with Gasteiger partial charge in [-0.25, -0.2) is 13.1 Å². The van der Waals surface area contributed by atoms with Crippen LogP contribution in [0.15, 0.2) is 24.3 Å². The van der Waals surface area contributed by atoms with E-state index in [1.807, 2.05) is 12.1 Å². The summed E-state index contributed by atoms with van der Waals surface area (Å²) in [6.45, 7) is 6.14. The summed E-state index contributed by atoms with van der Waals surface area (Å²) in [4.78, 5) is 0. The molecule has 1 heterocycles. The van der Waals surface area contributed by atoms with Crippen molar-refractivity contribution in [3.63, 3.8) is 0 Å². The smallest absolute Gasteiger partial charge is 0.216 e. The van der Waals surface area contributed by atoms with Crippen molar-refractivity contribution in [2.45, 2.75) is 44.4 Å². The molecule has 2 rings (SSSR count). The van der Waals surface area contributed by atoms with Crippen LogP contribution < -0.4 is 10.0 Å². The molecule has 20 heavy (non-hydrogen) atoms. The topological polar surface area (TPSA) is 58.2 Å². The molecule has 1 aliphatic rings. The molecule has 1 aliphatic heterocycles. The fourth-order valence-corrected chi connectivity index (χ4v) is 3.82. The van der Waals surface area contributed by atoms with Gasteiger partial charge in [0.2, 0.25) is 10.0 Å². The van der Waals surface area contributed by atoms with Crippen molar-refractivity contribution in [2.75, 3.05) is 13.1 Å². The van der Waals surface area contributed by atoms with Gasteiger partial charge in [0.15, 0.2) is 0 Å². The summed E-state index contributed by atoms with van der Waals surface area (Å²) in [5, 5.41) is 2.84. The van der Waals surface area contributed by atoms with E-state index in [1.54, 1.807) is 0 Å². The van der Waals surface area contributed by atoms with Gasteiger partial charge >= 0.3 is 0 Å². The molecule has 0 spiro atoms. The van der Waals surface area contributed by atoms with E-state index in [-0.39, 0.29) is 5.25 Å². The SMILES string of the molecule is CC(C)c1ccc(CNS(=O)(=O)C2CCCNC2)cc1. The predicted molar refractivity (Wildman–Crippen MR) is 82.2 cm³/mol. The van der Waals surface area contributed by atoms with E-state index >= 15 is 0 Å². The maximum Gasteiger partial charge on any atom is 0.216 e. The fraction of sp³-hybridized carbons (Fsp3) is 0.600. The van der Waals surface area contributed by atoms with Crippen molar-refractivity contribution in [3.05, 3.63) is 35.4 Å². The molecule has 0 aromatic heterocycles. The van der Waals surface area contributed by atoms with E-state index in [9.17, 15) is 8.42 Å². The van der Waals surface area contributed by atoms with Crippen LogP contribution in [-0.4, -0.2) is 26.8 Å². The Bertz CT molecular complexity index is 517. The Balaban J connectivity index is 1.93. The van der Waals surface area contributed by atoms with Gasteiger partial charge in [0.1, 0.15) is 0 Å². The van der Waals surface area contributed by atoms with Gasteiger partial charge in [-0.15, -0.1) is 0 Å². The van der Waals surface area contributed by atoms with Crippen molar-refractivity contribution in [3.8, 4) is 0 Å². The van der Waals surface area contributed by atoms with Crippen LogP contribution in [0.3, 0.4) is 0 Å². The summed E-state index contributed by atoms with van der Waals surface area (Å²) in [5.74, 6) is 0.494. The summed E-state index contributed by atoms with van der Waals surface area (Å²) in [6, 6.07) is 8.13. The van der Waals surface area contributed by atoms with Gasteiger partial charge in [-0.05, 0) is 36.4 Å². The molecular weight excluding hydrogens is 272 g/mol. The molecular formula is C15H24N2O2S. The minimum Gasteiger partial charge on any atom is -0.315 e. The van der Waals surface area contributed by atoms with E-state index in [2.05, 4.69) is 36.0 Å². The third-order valence-corrected chi connectivity index (χ3v) is 5.64. The van der Waals surface area contributed by atoms with Gasteiger partial charge in [-0.2, -0.15) is 0 Å². The Hall–Kier alpha value is -0.910. The van der Waals surface area contributed by atoms with Crippen LogP contribution in [0.25, 0.3) is 0 Å². The van der Waals surface area contributed by atoms with Crippen LogP contribution in [0.5, 0.6) is 0 Å². The second-order valence-corrected chi connectivity index (χ2v) is 7.78. The Labute approximate surface area is 122 Å². The maximum absolute atomic E-state index is 12.2. The number of piperidine rings is 1. The molecule has 112 valence electrons. The number of sulfonamides is 1. The summed E-state index contributed by atoms with van der Waals surface area (Å²) >= 11 is 0. The molecule has 4 nitrogen and oxygen atoms in total. The first-order valence-corrected chi connectivity index (χ1v) is 8.81. The lowest BCUT2D eigenvalue weighted by atomic mass is 10.0. The minimum absolute atomic E-state index is 0.300. The Morgan fingerprint density at radius 3 is 2.55 bits per heavy atom. The zero-order valence-electron chi connectivity index (χ0n) is 12.2. The van der Waals surface area contributed by atoms with Gasteiger partial charge in [-0.3, -0.25) is 0 Å².